The summed E-state index contributed by atoms with van der Waals surface area (Å²) in [6.45, 7) is 5.29. The molecular formula is C10H20N2O5. The molecule has 0 aliphatic heterocycles. The Morgan fingerprint density at radius 3 is 2.53 bits per heavy atom. The minimum Gasteiger partial charge on any atom is -0.479 e. The number of aliphatic carboxylic acids is 1. The Balaban J connectivity index is 3.95. The lowest BCUT2D eigenvalue weighted by Crippen LogP contribution is -2.45. The molecule has 0 spiro atoms. The van der Waals surface area contributed by atoms with Gasteiger partial charge < -0.3 is 25.2 Å². The fourth-order valence-corrected chi connectivity index (χ4v) is 1.11. The summed E-state index contributed by atoms with van der Waals surface area (Å²) in [6, 6.07) is -0.410. The molecule has 0 rings (SSSR count). The number of carboxylic acids is 1. The van der Waals surface area contributed by atoms with Crippen molar-refractivity contribution in [3.8, 4) is 0 Å². The predicted octanol–water partition coefficient (Wildman–Crippen LogP) is -0.500. The van der Waals surface area contributed by atoms with E-state index in [1.807, 2.05) is 6.92 Å². The van der Waals surface area contributed by atoms with Crippen molar-refractivity contribution in [2.45, 2.75) is 20.0 Å². The number of aliphatic hydroxyl groups is 1. The van der Waals surface area contributed by atoms with Gasteiger partial charge in [-0.25, -0.2) is 9.59 Å². The Morgan fingerprint density at radius 1 is 1.41 bits per heavy atom. The molecule has 1 atom stereocenters. The van der Waals surface area contributed by atoms with Crippen molar-refractivity contribution >= 4 is 12.0 Å². The number of hydrogen-bond donors (Lipinski definition) is 3. The van der Waals surface area contributed by atoms with Gasteiger partial charge >= 0.3 is 12.0 Å². The number of nitrogens with one attached hydrogen (secondary N) is 1. The van der Waals surface area contributed by atoms with Gasteiger partial charge in [0.1, 0.15) is 0 Å². The molecule has 0 saturated heterocycles. The quantitative estimate of drug-likeness (QED) is 0.503. The molecule has 100 valence electrons. The van der Waals surface area contributed by atoms with Crippen molar-refractivity contribution in [3.63, 3.8) is 0 Å². The largest absolute Gasteiger partial charge is 0.479 e. The zero-order valence-corrected chi connectivity index (χ0v) is 10.2. The van der Waals surface area contributed by atoms with Gasteiger partial charge in [-0.2, -0.15) is 0 Å². The normalized spacial score (nSPS) is 11.9. The van der Waals surface area contributed by atoms with Crippen LogP contribution in [0.15, 0.2) is 0 Å². The molecule has 7 heteroatoms. The van der Waals surface area contributed by atoms with Gasteiger partial charge in [-0.15, -0.1) is 0 Å². The number of ether oxygens (including phenoxy) is 1. The van der Waals surface area contributed by atoms with Crippen LogP contribution >= 0.6 is 0 Å². The van der Waals surface area contributed by atoms with E-state index in [-0.39, 0.29) is 6.54 Å². The van der Waals surface area contributed by atoms with Crippen LogP contribution in [0.25, 0.3) is 0 Å². The standard InChI is InChI=1S/C10H20N2O5/c1-3-12(5-6-17-4-2)10(16)11-7-8(13)9(14)15/h8,13H,3-7H2,1-2H3,(H,11,16)(H,14,15). The van der Waals surface area contributed by atoms with Crippen molar-refractivity contribution in [2.24, 2.45) is 0 Å². The Hall–Kier alpha value is -1.34. The van der Waals surface area contributed by atoms with Gasteiger partial charge in [0.2, 0.25) is 0 Å². The number of amides is 2. The van der Waals surface area contributed by atoms with E-state index < -0.39 is 18.1 Å². The third-order valence-corrected chi connectivity index (χ3v) is 2.11. The number of nitrogens with zero attached hydrogens (tertiary/aromatic N) is 1. The van der Waals surface area contributed by atoms with Crippen LogP contribution in [0.1, 0.15) is 13.8 Å². The average Bonchev–Trinajstić information content (AvgIpc) is 2.31. The topological polar surface area (TPSA) is 99.1 Å². The highest BCUT2D eigenvalue weighted by Crippen LogP contribution is 1.91. The molecule has 0 aliphatic carbocycles. The number of urea groups is 1. The van der Waals surface area contributed by atoms with Crippen LogP contribution in [-0.2, 0) is 9.53 Å². The monoisotopic (exact) mass is 248 g/mol. The third kappa shape index (κ3) is 6.75. The van der Waals surface area contributed by atoms with Crippen LogP contribution in [0.4, 0.5) is 4.79 Å². The maximum atomic E-state index is 11.6. The first kappa shape index (κ1) is 15.7. The zero-order chi connectivity index (χ0) is 13.3. The molecule has 0 aromatic heterocycles. The lowest BCUT2D eigenvalue weighted by molar-refractivity contribution is -0.146. The van der Waals surface area contributed by atoms with Crippen molar-refractivity contribution in [1.29, 1.82) is 0 Å². The Bertz CT molecular complexity index is 247. The summed E-state index contributed by atoms with van der Waals surface area (Å²) in [4.78, 5) is 23.4. The Kier molecular flexibility index (Phi) is 8.08. The van der Waals surface area contributed by atoms with E-state index in [0.717, 1.165) is 0 Å². The molecule has 17 heavy (non-hydrogen) atoms. The smallest absolute Gasteiger partial charge is 0.334 e. The van der Waals surface area contributed by atoms with Crippen molar-refractivity contribution in [1.82, 2.24) is 10.2 Å². The number of hydrogen-bond acceptors (Lipinski definition) is 4. The molecule has 0 saturated carbocycles. The second kappa shape index (κ2) is 8.77. The van der Waals surface area contributed by atoms with Gasteiger partial charge in [0, 0.05) is 19.7 Å². The molecule has 0 aromatic carbocycles. The molecule has 7 nitrogen and oxygen atoms in total. The van der Waals surface area contributed by atoms with E-state index in [0.29, 0.717) is 26.3 Å². The maximum Gasteiger partial charge on any atom is 0.334 e. The summed E-state index contributed by atoms with van der Waals surface area (Å²) in [7, 11) is 0. The predicted molar refractivity (Wildman–Crippen MR) is 60.8 cm³/mol. The molecule has 0 aliphatic rings. The van der Waals surface area contributed by atoms with E-state index in [4.69, 9.17) is 14.9 Å². The summed E-state index contributed by atoms with van der Waals surface area (Å²) in [5.74, 6) is -1.36. The van der Waals surface area contributed by atoms with Gasteiger partial charge in [-0.05, 0) is 13.8 Å². The molecular weight excluding hydrogens is 228 g/mol. The van der Waals surface area contributed by atoms with Crippen LogP contribution in [0, 0.1) is 0 Å². The van der Waals surface area contributed by atoms with Gasteiger partial charge in [0.25, 0.3) is 0 Å². The molecule has 2 amide bonds. The van der Waals surface area contributed by atoms with Crippen LogP contribution < -0.4 is 5.32 Å². The second-order valence-corrected chi connectivity index (χ2v) is 3.32. The molecule has 0 heterocycles. The lowest BCUT2D eigenvalue weighted by atomic mass is 10.3. The van der Waals surface area contributed by atoms with E-state index in [1.54, 1.807) is 6.92 Å². The van der Waals surface area contributed by atoms with Crippen molar-refractivity contribution < 1.29 is 24.5 Å². The summed E-state index contributed by atoms with van der Waals surface area (Å²) in [6.07, 6.45) is -1.58. The number of rotatable bonds is 8. The first-order chi connectivity index (χ1) is 8.02. The van der Waals surface area contributed by atoms with Gasteiger partial charge in [0.15, 0.2) is 6.10 Å². The van der Waals surface area contributed by atoms with Gasteiger partial charge in [-0.1, -0.05) is 0 Å². The number of aliphatic hydroxyl groups excluding tert-OH is 1. The lowest BCUT2D eigenvalue weighted by Gasteiger charge is -2.21. The SMILES string of the molecule is CCOCCN(CC)C(=O)NCC(O)C(=O)O. The fourth-order valence-electron chi connectivity index (χ4n) is 1.11. The molecule has 0 aromatic rings. The van der Waals surface area contributed by atoms with Crippen LogP contribution in [0.3, 0.4) is 0 Å². The Labute approximate surface area is 100 Å². The van der Waals surface area contributed by atoms with E-state index in [9.17, 15) is 9.59 Å². The second-order valence-electron chi connectivity index (χ2n) is 3.32. The first-order valence-corrected chi connectivity index (χ1v) is 5.54. The maximum absolute atomic E-state index is 11.6. The van der Waals surface area contributed by atoms with Crippen LogP contribution in [0.5, 0.6) is 0 Å². The summed E-state index contributed by atoms with van der Waals surface area (Å²) < 4.78 is 5.11. The van der Waals surface area contributed by atoms with Crippen LogP contribution in [-0.4, -0.2) is 66.1 Å². The molecule has 0 radical (unpaired) electrons. The van der Waals surface area contributed by atoms with Gasteiger partial charge in [0.05, 0.1) is 13.2 Å². The molecule has 0 fully saturated rings. The summed E-state index contributed by atoms with van der Waals surface area (Å²) in [5.41, 5.74) is 0. The molecule has 0 bridgehead atoms. The highest BCUT2D eigenvalue weighted by molar-refractivity contribution is 5.76. The molecule has 1 unspecified atom stereocenters. The number of carboxylic acid groups (broad SMARTS) is 1. The van der Waals surface area contributed by atoms with Crippen LogP contribution in [0.2, 0.25) is 0 Å². The van der Waals surface area contributed by atoms with E-state index in [1.165, 1.54) is 4.90 Å². The highest BCUT2D eigenvalue weighted by Gasteiger charge is 2.16. The fraction of sp³-hybridized carbons (Fsp3) is 0.800. The Morgan fingerprint density at radius 2 is 2.06 bits per heavy atom. The zero-order valence-electron chi connectivity index (χ0n) is 10.2. The van der Waals surface area contributed by atoms with Crippen molar-refractivity contribution in [2.75, 3.05) is 32.8 Å². The molecule has 3 N–H and O–H groups in total. The van der Waals surface area contributed by atoms with E-state index in [2.05, 4.69) is 5.32 Å². The minimum atomic E-state index is -1.58. The number of carbonyl (C=O) groups excluding carboxylic acids is 1. The van der Waals surface area contributed by atoms with E-state index >= 15 is 0 Å². The third-order valence-electron chi connectivity index (χ3n) is 2.11. The average molecular weight is 248 g/mol. The highest BCUT2D eigenvalue weighted by atomic mass is 16.5. The summed E-state index contributed by atoms with van der Waals surface area (Å²) in [5, 5.41) is 19.8. The first-order valence-electron chi connectivity index (χ1n) is 5.54. The minimum absolute atomic E-state index is 0.306. The van der Waals surface area contributed by atoms with Crippen molar-refractivity contribution in [3.05, 3.63) is 0 Å². The summed E-state index contributed by atoms with van der Waals surface area (Å²) >= 11 is 0. The van der Waals surface area contributed by atoms with Gasteiger partial charge in [-0.3, -0.25) is 0 Å². The number of carbonyl (C=O) groups is 2. The number of likely N-dealkylation sites (N-methyl/N-ethyl adjacent to an activating group) is 1.